The molecule has 2 atom stereocenters. The molecule has 0 aromatic carbocycles. The molecule has 9 nitrogen and oxygen atoms in total. The first kappa shape index (κ1) is 73.9. The van der Waals surface area contributed by atoms with Crippen LogP contribution in [0.3, 0.4) is 0 Å². The van der Waals surface area contributed by atoms with Gasteiger partial charge in [-0.15, -0.1) is 0 Å². The first-order valence-electron chi connectivity index (χ1n) is 31.5. The molecule has 0 spiro atoms. The first-order valence-corrected chi connectivity index (χ1v) is 33.0. The maximum absolute atomic E-state index is 12.8. The van der Waals surface area contributed by atoms with Crippen LogP contribution >= 0.6 is 7.82 Å². The lowest BCUT2D eigenvalue weighted by Crippen LogP contribution is -2.37. The fourth-order valence-corrected chi connectivity index (χ4v) is 9.25. The highest BCUT2D eigenvalue weighted by Crippen LogP contribution is 2.43. The van der Waals surface area contributed by atoms with Crippen molar-refractivity contribution in [2.45, 2.75) is 270 Å². The van der Waals surface area contributed by atoms with Crippen molar-refractivity contribution < 1.29 is 42.1 Å². The minimum absolute atomic E-state index is 0.0276. The molecular formula is C67H119NO8P+. The van der Waals surface area contributed by atoms with Gasteiger partial charge in [0, 0.05) is 12.8 Å². The number of phosphoric acid groups is 1. The fraction of sp³-hybridized carbons (Fsp3) is 0.731. The SMILES string of the molecule is CC/C=C\C/C=C\C/C=C\C/C=C\C/C=C\C/C=C\CCCCCCCCCCCCCCCCCCCCCCC(=O)OC(COC(=O)CCCCCCC/C=C\C/C=C\CCCC)COP(=O)(O)OCC[N+](C)(C)C. The second kappa shape index (κ2) is 57.6. The summed E-state index contributed by atoms with van der Waals surface area (Å²) in [7, 11) is 1.47. The molecule has 0 bridgehead atoms. The van der Waals surface area contributed by atoms with Gasteiger partial charge in [0.1, 0.15) is 19.8 Å². The van der Waals surface area contributed by atoms with Crippen LogP contribution in [-0.4, -0.2) is 74.9 Å². The minimum atomic E-state index is -4.39. The van der Waals surface area contributed by atoms with E-state index in [1.165, 1.54) is 128 Å². The lowest BCUT2D eigenvalue weighted by Gasteiger charge is -2.24. The van der Waals surface area contributed by atoms with Crippen molar-refractivity contribution in [1.82, 2.24) is 0 Å². The maximum Gasteiger partial charge on any atom is 0.472 e. The van der Waals surface area contributed by atoms with Gasteiger partial charge in [-0.1, -0.05) is 259 Å². The van der Waals surface area contributed by atoms with Gasteiger partial charge in [-0.25, -0.2) is 4.57 Å². The fourth-order valence-electron chi connectivity index (χ4n) is 8.51. The lowest BCUT2D eigenvalue weighted by atomic mass is 10.0. The largest absolute Gasteiger partial charge is 0.472 e. The number of likely N-dealkylation sites (N-methyl/N-ethyl adjacent to an activating group) is 1. The summed E-state index contributed by atoms with van der Waals surface area (Å²) in [5.74, 6) is -0.810. The van der Waals surface area contributed by atoms with Gasteiger partial charge in [-0.05, 0) is 89.9 Å². The van der Waals surface area contributed by atoms with Gasteiger partial charge in [-0.3, -0.25) is 18.6 Å². The number of esters is 2. The van der Waals surface area contributed by atoms with Crippen molar-refractivity contribution in [1.29, 1.82) is 0 Å². The van der Waals surface area contributed by atoms with Gasteiger partial charge >= 0.3 is 19.8 Å². The van der Waals surface area contributed by atoms with Crippen LogP contribution in [-0.2, 0) is 32.7 Å². The summed E-state index contributed by atoms with van der Waals surface area (Å²) in [5, 5.41) is 0. The van der Waals surface area contributed by atoms with E-state index in [0.717, 1.165) is 103 Å². The number of allylic oxidation sites excluding steroid dienone is 16. The van der Waals surface area contributed by atoms with E-state index in [1.807, 2.05) is 21.1 Å². The molecule has 0 aromatic rings. The highest BCUT2D eigenvalue weighted by molar-refractivity contribution is 7.47. The Hall–Kier alpha value is -3.07. The smallest absolute Gasteiger partial charge is 0.462 e. The van der Waals surface area contributed by atoms with Crippen LogP contribution in [0.25, 0.3) is 0 Å². The third kappa shape index (κ3) is 62.0. The van der Waals surface area contributed by atoms with Gasteiger partial charge in [0.25, 0.3) is 0 Å². The third-order valence-corrected chi connectivity index (χ3v) is 14.3. The van der Waals surface area contributed by atoms with Crippen molar-refractivity contribution in [2.24, 2.45) is 0 Å². The Balaban J connectivity index is 3.96. The summed E-state index contributed by atoms with van der Waals surface area (Å²) in [5.41, 5.74) is 0. The van der Waals surface area contributed by atoms with Gasteiger partial charge in [-0.2, -0.15) is 0 Å². The topological polar surface area (TPSA) is 108 Å². The number of ether oxygens (including phenoxy) is 2. The number of hydrogen-bond donors (Lipinski definition) is 1. The van der Waals surface area contributed by atoms with Gasteiger partial charge in [0.05, 0.1) is 27.7 Å². The molecule has 2 unspecified atom stereocenters. The van der Waals surface area contributed by atoms with E-state index in [2.05, 4.69) is 111 Å². The zero-order valence-corrected chi connectivity index (χ0v) is 51.3. The molecule has 0 aliphatic carbocycles. The first-order chi connectivity index (χ1) is 37.5. The molecule has 0 amide bonds. The monoisotopic (exact) mass is 1100 g/mol. The summed E-state index contributed by atoms with van der Waals surface area (Å²) in [6, 6.07) is 0. The quantitative estimate of drug-likeness (QED) is 0.0211. The molecule has 0 rings (SSSR count). The number of hydrogen-bond acceptors (Lipinski definition) is 7. The van der Waals surface area contributed by atoms with Crippen LogP contribution < -0.4 is 0 Å². The van der Waals surface area contributed by atoms with E-state index in [9.17, 15) is 19.0 Å². The number of phosphoric ester groups is 1. The average Bonchev–Trinajstić information content (AvgIpc) is 3.39. The van der Waals surface area contributed by atoms with Crippen molar-refractivity contribution in [3.05, 3.63) is 97.2 Å². The summed E-state index contributed by atoms with van der Waals surface area (Å²) >= 11 is 0. The highest BCUT2D eigenvalue weighted by Gasteiger charge is 2.27. The highest BCUT2D eigenvalue weighted by atomic mass is 31.2. The van der Waals surface area contributed by atoms with Crippen LogP contribution in [0.15, 0.2) is 97.2 Å². The number of quaternary nitrogens is 1. The second-order valence-corrected chi connectivity index (χ2v) is 23.5. The van der Waals surface area contributed by atoms with E-state index >= 15 is 0 Å². The number of unbranched alkanes of at least 4 members (excludes halogenated alkanes) is 27. The third-order valence-electron chi connectivity index (χ3n) is 13.3. The zero-order chi connectivity index (χ0) is 56.3. The van der Waals surface area contributed by atoms with E-state index < -0.39 is 26.5 Å². The normalized spacial score (nSPS) is 13.9. The number of rotatable bonds is 57. The van der Waals surface area contributed by atoms with Gasteiger partial charge in [0.2, 0.25) is 0 Å². The van der Waals surface area contributed by atoms with Crippen LogP contribution in [0, 0.1) is 0 Å². The number of carbonyl (C=O) groups is 2. The van der Waals surface area contributed by atoms with Crippen LogP contribution in [0.1, 0.15) is 264 Å². The predicted octanol–water partition coefficient (Wildman–Crippen LogP) is 20.0. The Labute approximate surface area is 474 Å². The molecule has 10 heteroatoms. The number of carbonyl (C=O) groups excluding carboxylic acids is 2. The molecule has 0 saturated heterocycles. The molecular weight excluding hydrogens is 978 g/mol. The average molecular weight is 1100 g/mol. The van der Waals surface area contributed by atoms with Crippen LogP contribution in [0.5, 0.6) is 0 Å². The standard InChI is InChI=1S/C67H118NO8P/c1-6-8-10-12-14-16-18-20-22-23-24-25-26-27-28-29-30-31-32-33-34-35-36-37-38-39-40-41-42-43-44-45-46-48-50-52-54-56-58-60-67(70)76-65(64-75-77(71,72)74-62-61-68(3,4)5)63-73-66(69)59-57-55-53-51-49-47-21-19-17-15-13-11-9-7-2/h8,10,13-16,19-22,24-25,27-28,30-31,65H,6-7,9,11-12,17-18,23,26,29,32-64H2,1-5H3/p+1/b10-8-,15-13-,16-14-,21-19-,22-20-,25-24-,28-27-,31-30-. The van der Waals surface area contributed by atoms with E-state index in [-0.39, 0.29) is 32.0 Å². The summed E-state index contributed by atoms with van der Waals surface area (Å²) in [6.07, 6.45) is 79.4. The Bertz CT molecular complexity index is 1620. The minimum Gasteiger partial charge on any atom is -0.462 e. The van der Waals surface area contributed by atoms with E-state index in [1.54, 1.807) is 0 Å². The molecule has 0 radical (unpaired) electrons. The van der Waals surface area contributed by atoms with E-state index in [0.29, 0.717) is 17.4 Å². The van der Waals surface area contributed by atoms with Crippen LogP contribution in [0.2, 0.25) is 0 Å². The molecule has 0 aliphatic heterocycles. The summed E-state index contributed by atoms with van der Waals surface area (Å²) in [6.45, 7) is 4.27. The number of nitrogens with zero attached hydrogens (tertiary/aromatic N) is 1. The summed E-state index contributed by atoms with van der Waals surface area (Å²) < 4.78 is 34.5. The second-order valence-electron chi connectivity index (χ2n) is 22.1. The van der Waals surface area contributed by atoms with Gasteiger partial charge < -0.3 is 18.9 Å². The molecule has 444 valence electrons. The summed E-state index contributed by atoms with van der Waals surface area (Å²) in [4.78, 5) is 35.6. The Morgan fingerprint density at radius 3 is 1.10 bits per heavy atom. The molecule has 0 saturated carbocycles. The van der Waals surface area contributed by atoms with Crippen molar-refractivity contribution in [3.63, 3.8) is 0 Å². The molecule has 0 fully saturated rings. The molecule has 0 aromatic heterocycles. The molecule has 1 N–H and O–H groups in total. The zero-order valence-electron chi connectivity index (χ0n) is 50.4. The van der Waals surface area contributed by atoms with Crippen molar-refractivity contribution in [3.8, 4) is 0 Å². The lowest BCUT2D eigenvalue weighted by molar-refractivity contribution is -0.870. The van der Waals surface area contributed by atoms with Crippen LogP contribution in [0.4, 0.5) is 0 Å². The Kier molecular flexibility index (Phi) is 55.3. The molecule has 77 heavy (non-hydrogen) atoms. The Morgan fingerprint density at radius 1 is 0.416 bits per heavy atom. The maximum atomic E-state index is 12.8. The van der Waals surface area contributed by atoms with Crippen molar-refractivity contribution in [2.75, 3.05) is 47.5 Å². The predicted molar refractivity (Wildman–Crippen MR) is 330 cm³/mol. The van der Waals surface area contributed by atoms with Gasteiger partial charge in [0.15, 0.2) is 6.10 Å². The van der Waals surface area contributed by atoms with Crippen molar-refractivity contribution >= 4 is 19.8 Å². The molecule has 0 heterocycles. The van der Waals surface area contributed by atoms with E-state index in [4.69, 9.17) is 18.5 Å². The molecule has 0 aliphatic rings. The Morgan fingerprint density at radius 2 is 0.740 bits per heavy atom.